The molecule has 1 N–H and O–H groups in total. The molecule has 2 rings (SSSR count). The lowest BCUT2D eigenvalue weighted by Crippen LogP contribution is -2.00. The van der Waals surface area contributed by atoms with Gasteiger partial charge in [-0.2, -0.15) is 0 Å². The molecular weight excluding hydrogens is 246 g/mol. The summed E-state index contributed by atoms with van der Waals surface area (Å²) in [4.78, 5) is 0. The fourth-order valence-corrected chi connectivity index (χ4v) is 2.15. The molecule has 0 aliphatic rings. The van der Waals surface area contributed by atoms with Crippen LogP contribution in [0.3, 0.4) is 0 Å². The fourth-order valence-electron chi connectivity index (χ4n) is 2.15. The van der Waals surface area contributed by atoms with Gasteiger partial charge in [-0.15, -0.1) is 0 Å². The van der Waals surface area contributed by atoms with Gasteiger partial charge < -0.3 is 10.1 Å². The van der Waals surface area contributed by atoms with Crippen LogP contribution in [0.1, 0.15) is 37.3 Å². The van der Waals surface area contributed by atoms with Gasteiger partial charge in [0.05, 0.1) is 7.11 Å². The van der Waals surface area contributed by atoms with E-state index in [1.54, 1.807) is 7.11 Å². The molecule has 0 bridgehead atoms. The van der Waals surface area contributed by atoms with Crippen molar-refractivity contribution in [1.29, 1.82) is 0 Å². The van der Waals surface area contributed by atoms with Crippen molar-refractivity contribution in [2.24, 2.45) is 0 Å². The van der Waals surface area contributed by atoms with Crippen molar-refractivity contribution in [1.82, 2.24) is 0 Å². The molecule has 2 heteroatoms. The molecule has 20 heavy (non-hydrogen) atoms. The minimum Gasteiger partial charge on any atom is -0.497 e. The first-order chi connectivity index (χ1) is 9.72. The second-order valence-electron chi connectivity index (χ2n) is 5.14. The zero-order valence-corrected chi connectivity index (χ0v) is 12.5. The van der Waals surface area contributed by atoms with Crippen LogP contribution in [0, 0.1) is 0 Å². The van der Waals surface area contributed by atoms with Crippen LogP contribution in [-0.4, -0.2) is 7.11 Å². The second-order valence-corrected chi connectivity index (χ2v) is 5.14. The van der Waals surface area contributed by atoms with Gasteiger partial charge in [-0.3, -0.25) is 0 Å². The number of methoxy groups -OCH3 is 1. The monoisotopic (exact) mass is 269 g/mol. The smallest absolute Gasteiger partial charge is 0.119 e. The molecule has 0 aliphatic heterocycles. The van der Waals surface area contributed by atoms with Gasteiger partial charge in [0, 0.05) is 12.2 Å². The Kier molecular flexibility index (Phi) is 5.05. The SMILES string of the molecule is CCC(C)c1ccc(NCc2cccc(OC)c2)cc1. The molecule has 1 atom stereocenters. The highest BCUT2D eigenvalue weighted by Gasteiger charge is 2.02. The number of benzene rings is 2. The maximum atomic E-state index is 5.23. The lowest BCUT2D eigenvalue weighted by molar-refractivity contribution is 0.414. The summed E-state index contributed by atoms with van der Waals surface area (Å²) in [6.07, 6.45) is 1.18. The standard InChI is InChI=1S/C18H23NO/c1-4-14(2)16-8-10-17(11-9-16)19-13-15-6-5-7-18(12-15)20-3/h5-12,14,19H,4,13H2,1-3H3. The molecular formula is C18H23NO. The molecule has 0 saturated carbocycles. The lowest BCUT2D eigenvalue weighted by atomic mass is 9.99. The zero-order chi connectivity index (χ0) is 14.4. The number of anilines is 1. The van der Waals surface area contributed by atoms with Crippen LogP contribution in [0.15, 0.2) is 48.5 Å². The largest absolute Gasteiger partial charge is 0.497 e. The van der Waals surface area contributed by atoms with E-state index in [1.807, 2.05) is 12.1 Å². The third-order valence-corrected chi connectivity index (χ3v) is 3.72. The average Bonchev–Trinajstić information content (AvgIpc) is 2.53. The maximum absolute atomic E-state index is 5.23. The van der Waals surface area contributed by atoms with Gasteiger partial charge in [-0.25, -0.2) is 0 Å². The summed E-state index contributed by atoms with van der Waals surface area (Å²) in [7, 11) is 1.69. The van der Waals surface area contributed by atoms with Crippen LogP contribution in [0.2, 0.25) is 0 Å². The molecule has 0 amide bonds. The summed E-state index contributed by atoms with van der Waals surface area (Å²) in [6, 6.07) is 16.9. The third-order valence-electron chi connectivity index (χ3n) is 3.72. The van der Waals surface area contributed by atoms with Gasteiger partial charge >= 0.3 is 0 Å². The molecule has 0 aliphatic carbocycles. The molecule has 2 aromatic carbocycles. The summed E-state index contributed by atoms with van der Waals surface area (Å²) >= 11 is 0. The summed E-state index contributed by atoms with van der Waals surface area (Å²) in [6.45, 7) is 5.29. The molecule has 0 saturated heterocycles. The Labute approximate surface area is 121 Å². The quantitative estimate of drug-likeness (QED) is 0.811. The third kappa shape index (κ3) is 3.77. The summed E-state index contributed by atoms with van der Waals surface area (Å²) < 4.78 is 5.23. The Balaban J connectivity index is 1.96. The highest BCUT2D eigenvalue weighted by molar-refractivity contribution is 5.46. The van der Waals surface area contributed by atoms with Crippen molar-refractivity contribution >= 4 is 5.69 Å². The Hall–Kier alpha value is -1.96. The van der Waals surface area contributed by atoms with Crippen molar-refractivity contribution in [3.05, 3.63) is 59.7 Å². The lowest BCUT2D eigenvalue weighted by Gasteiger charge is -2.11. The van der Waals surface area contributed by atoms with Gasteiger partial charge in [0.25, 0.3) is 0 Å². The molecule has 2 aromatic rings. The molecule has 2 nitrogen and oxygen atoms in total. The van der Waals surface area contributed by atoms with E-state index in [-0.39, 0.29) is 0 Å². The highest BCUT2D eigenvalue weighted by atomic mass is 16.5. The highest BCUT2D eigenvalue weighted by Crippen LogP contribution is 2.21. The van der Waals surface area contributed by atoms with Crippen LogP contribution in [0.5, 0.6) is 5.75 Å². The molecule has 0 heterocycles. The van der Waals surface area contributed by atoms with Gasteiger partial charge in [-0.1, -0.05) is 38.1 Å². The molecule has 1 unspecified atom stereocenters. The van der Waals surface area contributed by atoms with E-state index in [0.29, 0.717) is 5.92 Å². The van der Waals surface area contributed by atoms with Crippen LogP contribution in [0.25, 0.3) is 0 Å². The number of hydrogen-bond acceptors (Lipinski definition) is 2. The second kappa shape index (κ2) is 6.99. The minimum atomic E-state index is 0.627. The van der Waals surface area contributed by atoms with E-state index >= 15 is 0 Å². The average molecular weight is 269 g/mol. The van der Waals surface area contributed by atoms with Gasteiger partial charge in [0.2, 0.25) is 0 Å². The first-order valence-electron chi connectivity index (χ1n) is 7.19. The fraction of sp³-hybridized carbons (Fsp3) is 0.333. The summed E-state index contributed by atoms with van der Waals surface area (Å²) in [5.41, 5.74) is 3.77. The van der Waals surface area contributed by atoms with Gasteiger partial charge in [0.15, 0.2) is 0 Å². The number of nitrogens with one attached hydrogen (secondary N) is 1. The Bertz CT molecular complexity index is 533. The van der Waals surface area contributed by atoms with Crippen molar-refractivity contribution in [2.45, 2.75) is 32.7 Å². The topological polar surface area (TPSA) is 21.3 Å². The van der Waals surface area contributed by atoms with Crippen LogP contribution in [-0.2, 0) is 6.54 Å². The normalized spacial score (nSPS) is 11.9. The first-order valence-corrected chi connectivity index (χ1v) is 7.19. The Morgan fingerprint density at radius 3 is 2.50 bits per heavy atom. The Morgan fingerprint density at radius 2 is 1.85 bits per heavy atom. The Morgan fingerprint density at radius 1 is 1.10 bits per heavy atom. The number of rotatable bonds is 6. The van der Waals surface area contributed by atoms with Crippen molar-refractivity contribution < 1.29 is 4.74 Å². The molecule has 0 spiro atoms. The van der Waals surface area contributed by atoms with Gasteiger partial charge in [-0.05, 0) is 47.7 Å². The maximum Gasteiger partial charge on any atom is 0.119 e. The van der Waals surface area contributed by atoms with Crippen LogP contribution >= 0.6 is 0 Å². The predicted octanol–water partition coefficient (Wildman–Crippen LogP) is 4.82. The van der Waals surface area contributed by atoms with Crippen molar-refractivity contribution in [3.8, 4) is 5.75 Å². The summed E-state index contributed by atoms with van der Waals surface area (Å²) in [5.74, 6) is 1.53. The molecule has 0 radical (unpaired) electrons. The molecule has 0 aromatic heterocycles. The first kappa shape index (κ1) is 14.4. The van der Waals surface area contributed by atoms with E-state index in [9.17, 15) is 0 Å². The van der Waals surface area contributed by atoms with E-state index in [0.717, 1.165) is 18.0 Å². The van der Waals surface area contributed by atoms with Gasteiger partial charge in [0.1, 0.15) is 5.75 Å². The number of hydrogen-bond donors (Lipinski definition) is 1. The van der Waals surface area contributed by atoms with E-state index in [4.69, 9.17) is 4.74 Å². The molecule has 0 fully saturated rings. The number of ether oxygens (including phenoxy) is 1. The molecule has 106 valence electrons. The predicted molar refractivity (Wildman–Crippen MR) is 85.5 cm³/mol. The summed E-state index contributed by atoms with van der Waals surface area (Å²) in [5, 5.41) is 3.44. The van der Waals surface area contributed by atoms with Crippen molar-refractivity contribution in [2.75, 3.05) is 12.4 Å². The van der Waals surface area contributed by atoms with Crippen LogP contribution < -0.4 is 10.1 Å². The zero-order valence-electron chi connectivity index (χ0n) is 12.5. The van der Waals surface area contributed by atoms with Crippen molar-refractivity contribution in [3.63, 3.8) is 0 Å². The van der Waals surface area contributed by atoms with Crippen LogP contribution in [0.4, 0.5) is 5.69 Å². The van der Waals surface area contributed by atoms with E-state index in [1.165, 1.54) is 17.5 Å². The minimum absolute atomic E-state index is 0.627. The van der Waals surface area contributed by atoms with E-state index < -0.39 is 0 Å². The van der Waals surface area contributed by atoms with E-state index in [2.05, 4.69) is 55.6 Å².